The van der Waals surface area contributed by atoms with Crippen LogP contribution in [0.2, 0.25) is 0 Å². The van der Waals surface area contributed by atoms with Crippen molar-refractivity contribution in [3.63, 3.8) is 0 Å². The third-order valence-electron chi connectivity index (χ3n) is 5.72. The van der Waals surface area contributed by atoms with E-state index in [4.69, 9.17) is 0 Å². The predicted octanol–water partition coefficient (Wildman–Crippen LogP) is 3.61. The second-order valence-corrected chi connectivity index (χ2v) is 8.36. The normalized spacial score (nSPS) is 14.7. The van der Waals surface area contributed by atoms with Gasteiger partial charge in [-0.3, -0.25) is 4.79 Å². The van der Waals surface area contributed by atoms with Crippen molar-refractivity contribution < 1.29 is 18.8 Å². The summed E-state index contributed by atoms with van der Waals surface area (Å²) in [5.41, 5.74) is 1.50. The van der Waals surface area contributed by atoms with E-state index in [1.54, 1.807) is 17.0 Å². The van der Waals surface area contributed by atoms with Crippen LogP contribution in [0.1, 0.15) is 38.2 Å². The van der Waals surface area contributed by atoms with Crippen molar-refractivity contribution in [2.24, 2.45) is 0 Å². The van der Waals surface area contributed by atoms with Crippen molar-refractivity contribution in [1.82, 2.24) is 20.9 Å². The molecule has 2 aromatic carbocycles. The molecule has 0 saturated carbocycles. The topological polar surface area (TPSA) is 103 Å². The minimum Gasteiger partial charge on any atom is -0.351 e. The number of hydrogen-bond acceptors (Lipinski definition) is 3. The van der Waals surface area contributed by atoms with E-state index < -0.39 is 12.1 Å². The van der Waals surface area contributed by atoms with Crippen LogP contribution in [0.15, 0.2) is 54.6 Å². The number of hydrogen-bond donors (Lipinski definition) is 4. The number of carbonyl (C=O) groups is 3. The molecule has 1 atom stereocenters. The molecule has 1 aliphatic heterocycles. The molecule has 1 saturated heterocycles. The zero-order valence-electron chi connectivity index (χ0n) is 19.4. The van der Waals surface area contributed by atoms with E-state index in [0.717, 1.165) is 17.7 Å². The van der Waals surface area contributed by atoms with E-state index >= 15 is 0 Å². The number of rotatable bonds is 8. The lowest BCUT2D eigenvalue weighted by Gasteiger charge is -2.33. The van der Waals surface area contributed by atoms with Gasteiger partial charge < -0.3 is 26.2 Å². The van der Waals surface area contributed by atoms with E-state index in [2.05, 4.69) is 21.3 Å². The third kappa shape index (κ3) is 7.75. The smallest absolute Gasteiger partial charge is 0.321 e. The second kappa shape index (κ2) is 12.6. The minimum absolute atomic E-state index is 0.0586. The van der Waals surface area contributed by atoms with Crippen LogP contribution in [0.3, 0.4) is 0 Å². The SMILES string of the molecule is CCCC(NC(=O)NCc1ccc(F)cc1)C(=O)NC1CCN(C(=O)Nc2ccccc2)CC1. The van der Waals surface area contributed by atoms with Crippen molar-refractivity contribution in [3.05, 3.63) is 66.0 Å². The Morgan fingerprint density at radius 1 is 1.03 bits per heavy atom. The highest BCUT2D eigenvalue weighted by Gasteiger charge is 2.27. The Morgan fingerprint density at radius 2 is 1.71 bits per heavy atom. The van der Waals surface area contributed by atoms with Gasteiger partial charge in [-0.05, 0) is 49.1 Å². The Hall–Kier alpha value is -3.62. The number of nitrogens with one attached hydrogen (secondary N) is 4. The Labute approximate surface area is 199 Å². The van der Waals surface area contributed by atoms with Crippen LogP contribution < -0.4 is 21.3 Å². The first-order chi connectivity index (χ1) is 16.4. The summed E-state index contributed by atoms with van der Waals surface area (Å²) in [4.78, 5) is 39.3. The van der Waals surface area contributed by atoms with Crippen LogP contribution in [-0.4, -0.2) is 48.0 Å². The van der Waals surface area contributed by atoms with E-state index in [1.807, 2.05) is 37.3 Å². The molecule has 4 N–H and O–H groups in total. The Bertz CT molecular complexity index is 947. The number of urea groups is 2. The Balaban J connectivity index is 1.42. The van der Waals surface area contributed by atoms with Gasteiger partial charge in [-0.25, -0.2) is 14.0 Å². The summed E-state index contributed by atoms with van der Waals surface area (Å²) in [6, 6.07) is 13.8. The molecule has 8 nitrogen and oxygen atoms in total. The minimum atomic E-state index is -0.655. The molecule has 0 aromatic heterocycles. The van der Waals surface area contributed by atoms with Gasteiger partial charge in [0.15, 0.2) is 0 Å². The summed E-state index contributed by atoms with van der Waals surface area (Å²) in [5.74, 6) is -0.568. The number of para-hydroxylation sites is 1. The van der Waals surface area contributed by atoms with Crippen LogP contribution in [0, 0.1) is 5.82 Å². The van der Waals surface area contributed by atoms with Crippen molar-refractivity contribution in [2.75, 3.05) is 18.4 Å². The maximum Gasteiger partial charge on any atom is 0.321 e. The van der Waals surface area contributed by atoms with Crippen molar-refractivity contribution >= 4 is 23.7 Å². The molecule has 1 aliphatic rings. The lowest BCUT2D eigenvalue weighted by molar-refractivity contribution is -0.124. The second-order valence-electron chi connectivity index (χ2n) is 8.36. The van der Waals surface area contributed by atoms with Crippen LogP contribution in [0.4, 0.5) is 19.7 Å². The molecule has 2 aromatic rings. The fourth-order valence-corrected chi connectivity index (χ4v) is 3.80. The Morgan fingerprint density at radius 3 is 2.35 bits per heavy atom. The van der Waals surface area contributed by atoms with Crippen LogP contribution in [-0.2, 0) is 11.3 Å². The number of benzene rings is 2. The van der Waals surface area contributed by atoms with E-state index in [1.165, 1.54) is 12.1 Å². The molecular weight excluding hydrogens is 437 g/mol. The summed E-state index contributed by atoms with van der Waals surface area (Å²) in [6.45, 7) is 3.25. The maximum atomic E-state index is 13.0. The summed E-state index contributed by atoms with van der Waals surface area (Å²) >= 11 is 0. The Kier molecular flexibility index (Phi) is 9.25. The fraction of sp³-hybridized carbons (Fsp3) is 0.400. The maximum absolute atomic E-state index is 13.0. The molecule has 0 bridgehead atoms. The number of piperidine rings is 1. The summed E-state index contributed by atoms with van der Waals surface area (Å²) < 4.78 is 13.0. The molecular formula is C25H32FN5O3. The number of carbonyl (C=O) groups excluding carboxylic acids is 3. The number of nitrogens with zero attached hydrogens (tertiary/aromatic N) is 1. The third-order valence-corrected chi connectivity index (χ3v) is 5.72. The number of amides is 5. The molecule has 9 heteroatoms. The quantitative estimate of drug-likeness (QED) is 0.475. The van der Waals surface area contributed by atoms with Crippen LogP contribution >= 0.6 is 0 Å². The van der Waals surface area contributed by atoms with Crippen LogP contribution in [0.25, 0.3) is 0 Å². The molecule has 5 amide bonds. The molecule has 1 fully saturated rings. The molecule has 3 rings (SSSR count). The average molecular weight is 470 g/mol. The van der Waals surface area contributed by atoms with Gasteiger partial charge >= 0.3 is 12.1 Å². The van der Waals surface area contributed by atoms with Gasteiger partial charge in [0.1, 0.15) is 11.9 Å². The largest absolute Gasteiger partial charge is 0.351 e. The number of likely N-dealkylation sites (tertiary alicyclic amines) is 1. The van der Waals surface area contributed by atoms with Crippen molar-refractivity contribution in [3.8, 4) is 0 Å². The molecule has 0 radical (unpaired) electrons. The zero-order valence-corrected chi connectivity index (χ0v) is 19.4. The lowest BCUT2D eigenvalue weighted by Crippen LogP contribution is -2.54. The first kappa shape index (κ1) is 25.0. The number of anilines is 1. The van der Waals surface area contributed by atoms with E-state index in [9.17, 15) is 18.8 Å². The van der Waals surface area contributed by atoms with Gasteiger partial charge in [-0.15, -0.1) is 0 Å². The first-order valence-corrected chi connectivity index (χ1v) is 11.6. The molecule has 0 aliphatic carbocycles. The van der Waals surface area contributed by atoms with Crippen molar-refractivity contribution in [1.29, 1.82) is 0 Å². The lowest BCUT2D eigenvalue weighted by atomic mass is 10.0. The highest BCUT2D eigenvalue weighted by Crippen LogP contribution is 2.14. The summed E-state index contributed by atoms with van der Waals surface area (Å²) in [7, 11) is 0. The van der Waals surface area contributed by atoms with Gasteiger partial charge in [-0.2, -0.15) is 0 Å². The zero-order chi connectivity index (χ0) is 24.3. The predicted molar refractivity (Wildman–Crippen MR) is 129 cm³/mol. The molecule has 1 unspecified atom stereocenters. The van der Waals surface area contributed by atoms with Gasteiger partial charge in [0.2, 0.25) is 5.91 Å². The molecule has 34 heavy (non-hydrogen) atoms. The average Bonchev–Trinajstić information content (AvgIpc) is 2.84. The van der Waals surface area contributed by atoms with Crippen molar-refractivity contribution in [2.45, 2.75) is 51.2 Å². The summed E-state index contributed by atoms with van der Waals surface area (Å²) in [5, 5.41) is 11.3. The molecule has 182 valence electrons. The number of halogens is 1. The highest BCUT2D eigenvalue weighted by atomic mass is 19.1. The van der Waals surface area contributed by atoms with Gasteiger partial charge in [0.25, 0.3) is 0 Å². The monoisotopic (exact) mass is 469 g/mol. The molecule has 1 heterocycles. The van der Waals surface area contributed by atoms with E-state index in [0.29, 0.717) is 32.4 Å². The first-order valence-electron chi connectivity index (χ1n) is 11.6. The van der Waals surface area contributed by atoms with Gasteiger partial charge in [-0.1, -0.05) is 43.7 Å². The van der Waals surface area contributed by atoms with Gasteiger partial charge in [0.05, 0.1) is 0 Å². The molecule has 0 spiro atoms. The van der Waals surface area contributed by atoms with Crippen LogP contribution in [0.5, 0.6) is 0 Å². The summed E-state index contributed by atoms with van der Waals surface area (Å²) in [6.07, 6.45) is 2.52. The van der Waals surface area contributed by atoms with Gasteiger partial charge in [0, 0.05) is 31.4 Å². The standard InChI is InChI=1S/C25H32FN5O3/c1-2-6-22(30-24(33)27-17-18-9-11-19(26)12-10-18)23(32)28-21-13-15-31(16-14-21)25(34)29-20-7-4-3-5-8-20/h3-5,7-12,21-22H,2,6,13-17H2,1H3,(H,28,32)(H,29,34)(H2,27,30,33). The highest BCUT2D eigenvalue weighted by molar-refractivity contribution is 5.89. The fourth-order valence-electron chi connectivity index (χ4n) is 3.80. The van der Waals surface area contributed by atoms with E-state index in [-0.39, 0.29) is 30.3 Å².